The molecule has 7 nitrogen and oxygen atoms in total. The van der Waals surface area contributed by atoms with Crippen molar-refractivity contribution < 1.29 is 14.7 Å². The highest BCUT2D eigenvalue weighted by Gasteiger charge is 2.25. The van der Waals surface area contributed by atoms with Gasteiger partial charge in [-0.1, -0.05) is 36.4 Å². The summed E-state index contributed by atoms with van der Waals surface area (Å²) < 4.78 is 0.954. The fourth-order valence-electron chi connectivity index (χ4n) is 3.24. The number of Topliss-reactive ketones (excluding diaryl/α,β-unsaturated/α-hetero) is 1. The van der Waals surface area contributed by atoms with Crippen LogP contribution in [0.1, 0.15) is 33.8 Å². The van der Waals surface area contributed by atoms with Crippen LogP contribution < -0.4 is 5.56 Å². The quantitative estimate of drug-likeness (QED) is 0.544. The molecule has 2 heterocycles. The molecule has 0 aliphatic carbocycles. The maximum atomic E-state index is 13.0. The summed E-state index contributed by atoms with van der Waals surface area (Å²) >= 11 is 0. The van der Waals surface area contributed by atoms with Gasteiger partial charge in [-0.05, 0) is 19.1 Å². The van der Waals surface area contributed by atoms with E-state index in [2.05, 4.69) is 10.1 Å². The van der Waals surface area contributed by atoms with Gasteiger partial charge >= 0.3 is 5.97 Å². The standard InChI is InChI=1S/C20H15N3O4/c1-11(18(24)15-10-21-16-9-5-4-6-12(15)16)23-19(25)14-8-3-2-7-13(14)17(22-23)20(26)27/h2-11,21H,1H3,(H,26,27)/t11-/m1/s1. The van der Waals surface area contributed by atoms with Crippen LogP contribution in [0.4, 0.5) is 0 Å². The van der Waals surface area contributed by atoms with Crippen molar-refractivity contribution in [1.82, 2.24) is 14.8 Å². The number of carbonyl (C=O) groups excluding carboxylic acids is 1. The third-order valence-electron chi connectivity index (χ3n) is 4.63. The Labute approximate surface area is 152 Å². The largest absolute Gasteiger partial charge is 0.476 e. The van der Waals surface area contributed by atoms with E-state index in [0.717, 1.165) is 15.6 Å². The van der Waals surface area contributed by atoms with Gasteiger partial charge in [0.15, 0.2) is 11.5 Å². The van der Waals surface area contributed by atoms with Gasteiger partial charge in [0.25, 0.3) is 5.56 Å². The van der Waals surface area contributed by atoms with E-state index in [1.165, 1.54) is 12.1 Å². The molecule has 134 valence electrons. The van der Waals surface area contributed by atoms with E-state index in [0.29, 0.717) is 5.56 Å². The fourth-order valence-corrected chi connectivity index (χ4v) is 3.24. The first-order chi connectivity index (χ1) is 13.0. The van der Waals surface area contributed by atoms with Gasteiger partial charge in [0.1, 0.15) is 6.04 Å². The van der Waals surface area contributed by atoms with Crippen molar-refractivity contribution in [3.8, 4) is 0 Å². The summed E-state index contributed by atoms with van der Waals surface area (Å²) in [5.41, 5.74) is 0.468. The number of benzene rings is 2. The summed E-state index contributed by atoms with van der Waals surface area (Å²) in [4.78, 5) is 40.5. The Kier molecular flexibility index (Phi) is 3.84. The SMILES string of the molecule is C[C@H](C(=O)c1c[nH]c2ccccc12)n1nc(C(=O)O)c2ccccc2c1=O. The van der Waals surface area contributed by atoms with Gasteiger partial charge in [-0.2, -0.15) is 5.10 Å². The molecule has 2 aromatic heterocycles. The molecular formula is C20H15N3O4. The minimum absolute atomic E-state index is 0.212. The van der Waals surface area contributed by atoms with E-state index in [-0.39, 0.29) is 22.2 Å². The Bertz CT molecular complexity index is 1270. The number of aromatic amines is 1. The monoisotopic (exact) mass is 361 g/mol. The predicted molar refractivity (Wildman–Crippen MR) is 100 cm³/mol. The van der Waals surface area contributed by atoms with Crippen LogP contribution in [0.2, 0.25) is 0 Å². The van der Waals surface area contributed by atoms with E-state index >= 15 is 0 Å². The van der Waals surface area contributed by atoms with Gasteiger partial charge < -0.3 is 10.1 Å². The van der Waals surface area contributed by atoms with Gasteiger partial charge in [-0.3, -0.25) is 9.59 Å². The summed E-state index contributed by atoms with van der Waals surface area (Å²) in [7, 11) is 0. The highest BCUT2D eigenvalue weighted by atomic mass is 16.4. The van der Waals surface area contributed by atoms with Crippen LogP contribution >= 0.6 is 0 Å². The molecule has 2 aromatic carbocycles. The number of fused-ring (bicyclic) bond motifs is 2. The molecule has 0 spiro atoms. The Balaban J connectivity index is 1.89. The molecule has 0 saturated heterocycles. The first-order valence-corrected chi connectivity index (χ1v) is 8.34. The lowest BCUT2D eigenvalue weighted by Crippen LogP contribution is -2.32. The van der Waals surface area contributed by atoms with Crippen molar-refractivity contribution in [1.29, 1.82) is 0 Å². The summed E-state index contributed by atoms with van der Waals surface area (Å²) in [5.74, 6) is -1.58. The molecule has 0 amide bonds. The average molecular weight is 361 g/mol. The van der Waals surface area contributed by atoms with E-state index < -0.39 is 17.6 Å². The van der Waals surface area contributed by atoms with Crippen molar-refractivity contribution in [3.05, 3.63) is 76.3 Å². The Morgan fingerprint density at radius 1 is 1.04 bits per heavy atom. The van der Waals surface area contributed by atoms with Crippen LogP contribution in [0.25, 0.3) is 21.7 Å². The molecular weight excluding hydrogens is 346 g/mol. The number of H-pyrrole nitrogens is 1. The number of carboxylic acids is 1. The first-order valence-electron chi connectivity index (χ1n) is 8.34. The van der Waals surface area contributed by atoms with Gasteiger partial charge in [0, 0.05) is 28.0 Å². The lowest BCUT2D eigenvalue weighted by Gasteiger charge is -2.14. The molecule has 0 saturated carbocycles. The number of para-hydroxylation sites is 1. The Hall–Kier alpha value is -3.74. The van der Waals surface area contributed by atoms with Crippen molar-refractivity contribution in [2.24, 2.45) is 0 Å². The zero-order valence-corrected chi connectivity index (χ0v) is 14.3. The molecule has 4 rings (SSSR count). The molecule has 7 heteroatoms. The fraction of sp³-hybridized carbons (Fsp3) is 0.100. The van der Waals surface area contributed by atoms with Crippen LogP contribution in [0.5, 0.6) is 0 Å². The second kappa shape index (κ2) is 6.21. The molecule has 27 heavy (non-hydrogen) atoms. The van der Waals surface area contributed by atoms with Crippen molar-refractivity contribution in [2.45, 2.75) is 13.0 Å². The van der Waals surface area contributed by atoms with E-state index in [9.17, 15) is 19.5 Å². The molecule has 0 radical (unpaired) electrons. The molecule has 0 fully saturated rings. The zero-order valence-electron chi connectivity index (χ0n) is 14.3. The van der Waals surface area contributed by atoms with Gasteiger partial charge in [0.05, 0.1) is 5.39 Å². The number of nitrogens with one attached hydrogen (secondary N) is 1. The van der Waals surface area contributed by atoms with Crippen molar-refractivity contribution in [3.63, 3.8) is 0 Å². The molecule has 0 aliphatic heterocycles. The highest BCUT2D eigenvalue weighted by molar-refractivity contribution is 6.09. The van der Waals surface area contributed by atoms with Crippen LogP contribution in [0, 0.1) is 0 Å². The minimum atomic E-state index is -1.26. The lowest BCUT2D eigenvalue weighted by atomic mass is 10.0. The number of hydrogen-bond donors (Lipinski definition) is 2. The van der Waals surface area contributed by atoms with E-state index in [1.807, 2.05) is 24.3 Å². The second-order valence-corrected chi connectivity index (χ2v) is 6.24. The number of carbonyl (C=O) groups is 2. The van der Waals surface area contributed by atoms with Crippen LogP contribution in [0.15, 0.2) is 59.5 Å². The predicted octanol–water partition coefficient (Wildman–Crippen LogP) is 3.02. The van der Waals surface area contributed by atoms with Crippen LogP contribution in [-0.2, 0) is 0 Å². The van der Waals surface area contributed by atoms with Crippen molar-refractivity contribution >= 4 is 33.4 Å². The smallest absolute Gasteiger partial charge is 0.357 e. The molecule has 4 aromatic rings. The summed E-state index contributed by atoms with van der Waals surface area (Å²) in [6.07, 6.45) is 1.59. The lowest BCUT2D eigenvalue weighted by molar-refractivity contribution is 0.0687. The highest BCUT2D eigenvalue weighted by Crippen LogP contribution is 2.23. The summed E-state index contributed by atoms with van der Waals surface area (Å²) in [5, 5.41) is 14.7. The van der Waals surface area contributed by atoms with E-state index in [4.69, 9.17) is 0 Å². The normalized spacial score (nSPS) is 12.3. The number of aromatic carboxylic acids is 1. The Morgan fingerprint density at radius 3 is 2.37 bits per heavy atom. The minimum Gasteiger partial charge on any atom is -0.476 e. The number of carboxylic acid groups (broad SMARTS) is 1. The number of ketones is 1. The number of aromatic nitrogens is 3. The Morgan fingerprint density at radius 2 is 1.67 bits per heavy atom. The topological polar surface area (TPSA) is 105 Å². The number of nitrogens with zero attached hydrogens (tertiary/aromatic N) is 2. The van der Waals surface area contributed by atoms with Gasteiger partial charge in [-0.25, -0.2) is 9.48 Å². The third-order valence-corrected chi connectivity index (χ3v) is 4.63. The molecule has 2 N–H and O–H groups in total. The van der Waals surface area contributed by atoms with Gasteiger partial charge in [-0.15, -0.1) is 0 Å². The molecule has 0 aliphatic rings. The number of rotatable bonds is 4. The maximum Gasteiger partial charge on any atom is 0.357 e. The number of hydrogen-bond acceptors (Lipinski definition) is 4. The van der Waals surface area contributed by atoms with E-state index in [1.54, 1.807) is 25.3 Å². The van der Waals surface area contributed by atoms with Crippen molar-refractivity contribution in [2.75, 3.05) is 0 Å². The first kappa shape index (κ1) is 16.7. The summed E-state index contributed by atoms with van der Waals surface area (Å²) in [6, 6.07) is 12.7. The zero-order chi connectivity index (χ0) is 19.1. The molecule has 0 unspecified atom stereocenters. The van der Waals surface area contributed by atoms with Gasteiger partial charge in [0.2, 0.25) is 0 Å². The summed E-state index contributed by atoms with van der Waals surface area (Å²) in [6.45, 7) is 1.54. The molecule has 1 atom stereocenters. The second-order valence-electron chi connectivity index (χ2n) is 6.24. The average Bonchev–Trinajstić information content (AvgIpc) is 3.11. The maximum absolute atomic E-state index is 13.0. The molecule has 0 bridgehead atoms. The third kappa shape index (κ3) is 2.60. The van der Waals surface area contributed by atoms with Crippen LogP contribution in [-0.4, -0.2) is 31.6 Å². The van der Waals surface area contributed by atoms with Crippen LogP contribution in [0.3, 0.4) is 0 Å².